The molecule has 1 aliphatic rings. The lowest BCUT2D eigenvalue weighted by Gasteiger charge is -2.38. The summed E-state index contributed by atoms with van der Waals surface area (Å²) < 4.78 is 0. The van der Waals surface area contributed by atoms with Gasteiger partial charge in [-0.3, -0.25) is 0 Å². The summed E-state index contributed by atoms with van der Waals surface area (Å²) in [6.07, 6.45) is 2.26. The maximum atomic E-state index is 11.2. The van der Waals surface area contributed by atoms with Gasteiger partial charge in [-0.05, 0) is 38.0 Å². The Hall–Kier alpha value is -1.65. The summed E-state index contributed by atoms with van der Waals surface area (Å²) in [5.74, 6) is 0.430. The maximum Gasteiger partial charge on any atom is 0.339 e. The molecule has 0 spiro atoms. The molecule has 0 aromatic carbocycles. The van der Waals surface area contributed by atoms with Gasteiger partial charge >= 0.3 is 5.97 Å². The average molecular weight is 291 g/mol. The summed E-state index contributed by atoms with van der Waals surface area (Å²) in [5, 5.41) is 9.18. The summed E-state index contributed by atoms with van der Waals surface area (Å²) in [6, 6.07) is 0. The third-order valence-corrected chi connectivity index (χ3v) is 4.48. The Morgan fingerprint density at radius 2 is 1.62 bits per heavy atom. The molecule has 0 bridgehead atoms. The van der Waals surface area contributed by atoms with Gasteiger partial charge in [0.25, 0.3) is 0 Å². The molecule has 1 saturated heterocycles. The van der Waals surface area contributed by atoms with Crippen LogP contribution in [0.5, 0.6) is 0 Å². The van der Waals surface area contributed by atoms with Crippen LogP contribution in [0.1, 0.15) is 55.4 Å². The van der Waals surface area contributed by atoms with Crippen molar-refractivity contribution in [3.8, 4) is 0 Å². The summed E-state index contributed by atoms with van der Waals surface area (Å²) in [7, 11) is 0. The van der Waals surface area contributed by atoms with E-state index < -0.39 is 5.97 Å². The molecule has 1 aliphatic heterocycles. The van der Waals surface area contributed by atoms with E-state index in [1.54, 1.807) is 13.8 Å². The number of piperidine rings is 1. The number of carboxylic acid groups (broad SMARTS) is 1. The van der Waals surface area contributed by atoms with Crippen LogP contribution >= 0.6 is 0 Å². The molecule has 1 fully saturated rings. The molecule has 116 valence electrons. The van der Waals surface area contributed by atoms with E-state index in [1.165, 1.54) is 0 Å². The Kier molecular flexibility index (Phi) is 4.21. The smallest absolute Gasteiger partial charge is 0.339 e. The van der Waals surface area contributed by atoms with Crippen LogP contribution in [0.15, 0.2) is 0 Å². The number of carbonyl (C=O) groups is 1. The minimum absolute atomic E-state index is 0.225. The number of nitrogens with zero attached hydrogens (tertiary/aromatic N) is 3. The number of aryl methyl sites for hydroxylation is 2. The van der Waals surface area contributed by atoms with Gasteiger partial charge in [-0.15, -0.1) is 0 Å². The van der Waals surface area contributed by atoms with E-state index in [0.29, 0.717) is 28.7 Å². The molecule has 0 unspecified atom stereocenters. The van der Waals surface area contributed by atoms with Gasteiger partial charge in [0.1, 0.15) is 5.56 Å². The number of hydrogen-bond donors (Lipinski definition) is 1. The monoisotopic (exact) mass is 291 g/mol. The molecule has 0 saturated carbocycles. The second kappa shape index (κ2) is 5.62. The zero-order chi connectivity index (χ0) is 15.8. The van der Waals surface area contributed by atoms with Gasteiger partial charge in [-0.25, -0.2) is 14.8 Å². The second-order valence-corrected chi connectivity index (χ2v) is 7.00. The van der Waals surface area contributed by atoms with Crippen molar-refractivity contribution < 1.29 is 9.90 Å². The third kappa shape index (κ3) is 3.34. The zero-order valence-electron chi connectivity index (χ0n) is 13.6. The molecule has 0 aliphatic carbocycles. The minimum Gasteiger partial charge on any atom is -0.478 e. The van der Waals surface area contributed by atoms with E-state index in [-0.39, 0.29) is 5.56 Å². The Morgan fingerprint density at radius 3 is 2.00 bits per heavy atom. The summed E-state index contributed by atoms with van der Waals surface area (Å²) in [5.41, 5.74) is 1.65. The molecule has 21 heavy (non-hydrogen) atoms. The Labute approximate surface area is 126 Å². The molecule has 1 N–H and O–H groups in total. The van der Waals surface area contributed by atoms with Crippen molar-refractivity contribution in [2.45, 2.75) is 47.5 Å². The van der Waals surface area contributed by atoms with E-state index in [0.717, 1.165) is 25.9 Å². The molecule has 0 atom stereocenters. The van der Waals surface area contributed by atoms with Crippen LogP contribution < -0.4 is 4.90 Å². The quantitative estimate of drug-likeness (QED) is 0.907. The molecule has 0 radical (unpaired) electrons. The first kappa shape index (κ1) is 15.7. The first-order valence-electron chi connectivity index (χ1n) is 7.53. The van der Waals surface area contributed by atoms with Crippen LogP contribution in [0.4, 0.5) is 5.95 Å². The normalized spacial score (nSPS) is 17.1. The SMILES string of the molecule is Cc1nc(N2CCC(C(C)(C)C)CC2)nc(C)c1C(=O)O. The third-order valence-electron chi connectivity index (χ3n) is 4.48. The molecule has 2 rings (SSSR count). The topological polar surface area (TPSA) is 66.3 Å². The Morgan fingerprint density at radius 1 is 1.14 bits per heavy atom. The summed E-state index contributed by atoms with van der Waals surface area (Å²) in [4.78, 5) is 22.2. The largest absolute Gasteiger partial charge is 0.478 e. The van der Waals surface area contributed by atoms with Crippen molar-refractivity contribution >= 4 is 11.9 Å². The highest BCUT2D eigenvalue weighted by molar-refractivity contribution is 5.90. The van der Waals surface area contributed by atoms with Crippen LogP contribution in [0.25, 0.3) is 0 Å². The highest BCUT2D eigenvalue weighted by atomic mass is 16.4. The molecule has 2 heterocycles. The van der Waals surface area contributed by atoms with Crippen molar-refractivity contribution in [1.29, 1.82) is 0 Å². The van der Waals surface area contributed by atoms with Crippen molar-refractivity contribution in [3.05, 3.63) is 17.0 Å². The van der Waals surface area contributed by atoms with E-state index in [9.17, 15) is 9.90 Å². The zero-order valence-corrected chi connectivity index (χ0v) is 13.6. The van der Waals surface area contributed by atoms with Crippen molar-refractivity contribution in [1.82, 2.24) is 9.97 Å². The van der Waals surface area contributed by atoms with Crippen molar-refractivity contribution in [2.24, 2.45) is 11.3 Å². The van der Waals surface area contributed by atoms with E-state index in [2.05, 4.69) is 35.6 Å². The first-order valence-corrected chi connectivity index (χ1v) is 7.53. The first-order chi connectivity index (χ1) is 9.70. The fourth-order valence-electron chi connectivity index (χ4n) is 3.10. The molecule has 0 amide bonds. The van der Waals surface area contributed by atoms with Gasteiger partial charge in [0, 0.05) is 13.1 Å². The van der Waals surface area contributed by atoms with Gasteiger partial charge in [-0.1, -0.05) is 20.8 Å². The predicted molar refractivity (Wildman–Crippen MR) is 82.9 cm³/mol. The highest BCUT2D eigenvalue weighted by Gasteiger charge is 2.30. The number of carboxylic acids is 1. The Bertz CT molecular complexity index is 518. The van der Waals surface area contributed by atoms with Crippen molar-refractivity contribution in [2.75, 3.05) is 18.0 Å². The molecule has 5 heteroatoms. The summed E-state index contributed by atoms with van der Waals surface area (Å²) >= 11 is 0. The lowest BCUT2D eigenvalue weighted by molar-refractivity contribution is 0.0694. The van der Waals surface area contributed by atoms with E-state index in [4.69, 9.17) is 0 Å². The minimum atomic E-state index is -0.956. The molecule has 1 aromatic heterocycles. The van der Waals surface area contributed by atoms with Crippen LogP contribution in [0.3, 0.4) is 0 Å². The van der Waals surface area contributed by atoms with Gasteiger partial charge in [-0.2, -0.15) is 0 Å². The average Bonchev–Trinajstić information content (AvgIpc) is 2.36. The number of anilines is 1. The van der Waals surface area contributed by atoms with Gasteiger partial charge in [0.15, 0.2) is 0 Å². The van der Waals surface area contributed by atoms with Crippen LogP contribution in [0.2, 0.25) is 0 Å². The highest BCUT2D eigenvalue weighted by Crippen LogP contribution is 2.35. The number of rotatable bonds is 2. The van der Waals surface area contributed by atoms with Crippen LogP contribution in [-0.2, 0) is 0 Å². The van der Waals surface area contributed by atoms with Gasteiger partial charge in [0.2, 0.25) is 5.95 Å². The maximum absolute atomic E-state index is 11.2. The number of hydrogen-bond acceptors (Lipinski definition) is 4. The summed E-state index contributed by atoms with van der Waals surface area (Å²) in [6.45, 7) is 12.2. The lowest BCUT2D eigenvalue weighted by atomic mass is 9.75. The van der Waals surface area contributed by atoms with Crippen LogP contribution in [0, 0.1) is 25.2 Å². The molecule has 1 aromatic rings. The fourth-order valence-corrected chi connectivity index (χ4v) is 3.10. The fraction of sp³-hybridized carbons (Fsp3) is 0.688. The number of aromatic nitrogens is 2. The standard InChI is InChI=1S/C16H25N3O2/c1-10-13(14(20)21)11(2)18-15(17-10)19-8-6-12(7-9-19)16(3,4)5/h12H,6-9H2,1-5H3,(H,20,21). The number of aromatic carboxylic acids is 1. The lowest BCUT2D eigenvalue weighted by Crippen LogP contribution is -2.39. The van der Waals surface area contributed by atoms with E-state index >= 15 is 0 Å². The van der Waals surface area contributed by atoms with Gasteiger partial charge < -0.3 is 10.0 Å². The van der Waals surface area contributed by atoms with E-state index in [1.807, 2.05) is 0 Å². The molecule has 5 nitrogen and oxygen atoms in total. The van der Waals surface area contributed by atoms with Crippen LogP contribution in [-0.4, -0.2) is 34.1 Å². The van der Waals surface area contributed by atoms with Gasteiger partial charge in [0.05, 0.1) is 11.4 Å². The molecular formula is C16H25N3O2. The Balaban J connectivity index is 2.16. The molecular weight excluding hydrogens is 266 g/mol. The predicted octanol–water partition coefficient (Wildman–Crippen LogP) is 3.05. The van der Waals surface area contributed by atoms with Crippen molar-refractivity contribution in [3.63, 3.8) is 0 Å². The second-order valence-electron chi connectivity index (χ2n) is 7.00.